The first kappa shape index (κ1) is 9.05. The molecule has 1 rings (SSSR count). The van der Waals surface area contributed by atoms with E-state index in [4.69, 9.17) is 5.73 Å². The molecular formula is C6H8N2O3S. The molecule has 0 bridgehead atoms. The highest BCUT2D eigenvalue weighted by atomic mass is 32.2. The molecule has 0 saturated carbocycles. The second-order valence-electron chi connectivity index (χ2n) is 2.04. The second-order valence-corrected chi connectivity index (χ2v) is 3.16. The Kier molecular flexibility index (Phi) is 2.69. The zero-order valence-electron chi connectivity index (χ0n) is 6.44. The van der Waals surface area contributed by atoms with Crippen LogP contribution in [-0.2, 0) is 14.3 Å². The molecule has 0 fully saturated rings. The summed E-state index contributed by atoms with van der Waals surface area (Å²) < 4.78 is 4.64. The fourth-order valence-corrected chi connectivity index (χ4v) is 1.43. The van der Waals surface area contributed by atoms with Crippen LogP contribution in [0.25, 0.3) is 0 Å². The van der Waals surface area contributed by atoms with E-state index >= 15 is 0 Å². The van der Waals surface area contributed by atoms with Gasteiger partial charge in [0, 0.05) is 0 Å². The summed E-state index contributed by atoms with van der Waals surface area (Å²) in [6.07, 6.45) is 0. The van der Waals surface area contributed by atoms with Crippen molar-refractivity contribution in [2.45, 2.75) is 12.2 Å². The highest BCUT2D eigenvalue weighted by Crippen LogP contribution is 2.20. The third-order valence-electron chi connectivity index (χ3n) is 1.18. The van der Waals surface area contributed by atoms with Crippen LogP contribution in [0.3, 0.4) is 0 Å². The van der Waals surface area contributed by atoms with E-state index in [1.807, 2.05) is 0 Å². The third kappa shape index (κ3) is 1.76. The lowest BCUT2D eigenvalue weighted by atomic mass is 10.4. The lowest BCUT2D eigenvalue weighted by molar-refractivity contribution is -0.144. The van der Waals surface area contributed by atoms with E-state index in [2.05, 4.69) is 9.73 Å². The number of esters is 1. The van der Waals surface area contributed by atoms with Crippen LogP contribution < -0.4 is 5.73 Å². The molecule has 1 atom stereocenters. The van der Waals surface area contributed by atoms with Crippen LogP contribution in [-0.4, -0.2) is 28.9 Å². The van der Waals surface area contributed by atoms with Gasteiger partial charge in [-0.15, -0.1) is 0 Å². The van der Waals surface area contributed by atoms with Crippen LogP contribution in [0.4, 0.5) is 0 Å². The maximum atomic E-state index is 11.0. The van der Waals surface area contributed by atoms with Gasteiger partial charge in [0.05, 0.1) is 6.61 Å². The Morgan fingerprint density at radius 2 is 2.50 bits per heavy atom. The van der Waals surface area contributed by atoms with Crippen LogP contribution in [0.1, 0.15) is 6.92 Å². The van der Waals surface area contributed by atoms with E-state index < -0.39 is 17.1 Å². The zero-order valence-corrected chi connectivity index (χ0v) is 7.26. The van der Waals surface area contributed by atoms with Crippen molar-refractivity contribution >= 4 is 28.8 Å². The largest absolute Gasteiger partial charge is 0.465 e. The SMILES string of the molecule is CCOC(=O)[C@@H]1SC(N)=NC1=O. The molecule has 66 valence electrons. The van der Waals surface area contributed by atoms with Crippen LogP contribution >= 0.6 is 11.8 Å². The molecule has 1 heterocycles. The third-order valence-corrected chi connectivity index (χ3v) is 2.15. The molecule has 0 aromatic rings. The van der Waals surface area contributed by atoms with Gasteiger partial charge >= 0.3 is 5.97 Å². The number of aliphatic imine (C=N–C) groups is 1. The summed E-state index contributed by atoms with van der Waals surface area (Å²) in [5, 5.41) is -0.761. The topological polar surface area (TPSA) is 81.8 Å². The molecule has 1 aliphatic heterocycles. The molecule has 0 unspecified atom stereocenters. The van der Waals surface area contributed by atoms with Gasteiger partial charge in [0.2, 0.25) is 0 Å². The van der Waals surface area contributed by atoms with Gasteiger partial charge in [0.15, 0.2) is 10.4 Å². The van der Waals surface area contributed by atoms with Gasteiger partial charge in [-0.1, -0.05) is 11.8 Å². The second kappa shape index (κ2) is 3.57. The first-order valence-electron chi connectivity index (χ1n) is 3.36. The van der Waals surface area contributed by atoms with Gasteiger partial charge in [0.1, 0.15) is 0 Å². The van der Waals surface area contributed by atoms with E-state index in [1.54, 1.807) is 6.92 Å². The molecule has 1 amide bonds. The van der Waals surface area contributed by atoms with Crippen molar-refractivity contribution in [1.29, 1.82) is 0 Å². The van der Waals surface area contributed by atoms with E-state index in [0.717, 1.165) is 11.8 Å². The highest BCUT2D eigenvalue weighted by molar-refractivity contribution is 8.16. The minimum absolute atomic E-state index is 0.123. The van der Waals surface area contributed by atoms with Gasteiger partial charge in [-0.05, 0) is 6.92 Å². The Labute approximate surface area is 73.4 Å². The number of rotatable bonds is 2. The van der Waals surface area contributed by atoms with Gasteiger partial charge in [0.25, 0.3) is 5.91 Å². The number of hydrogen-bond donors (Lipinski definition) is 1. The Balaban J connectivity index is 2.57. The Morgan fingerprint density at radius 1 is 1.83 bits per heavy atom. The molecule has 6 heteroatoms. The standard InChI is InChI=1S/C6H8N2O3S/c1-2-11-5(10)3-4(9)8-6(7)12-3/h3H,2H2,1H3,(H2,7,8,9)/t3-/m1/s1. The lowest BCUT2D eigenvalue weighted by Gasteiger charge is -2.04. The summed E-state index contributed by atoms with van der Waals surface area (Å²) in [6, 6.07) is 0. The first-order valence-corrected chi connectivity index (χ1v) is 4.24. The number of hydrogen-bond acceptors (Lipinski definition) is 5. The van der Waals surface area contributed by atoms with Crippen molar-refractivity contribution in [3.8, 4) is 0 Å². The summed E-state index contributed by atoms with van der Waals surface area (Å²) in [5.41, 5.74) is 5.23. The number of carbonyl (C=O) groups excluding carboxylic acids is 2. The van der Waals surface area contributed by atoms with Crippen LogP contribution in [0, 0.1) is 0 Å². The van der Waals surface area contributed by atoms with Crippen molar-refractivity contribution in [3.63, 3.8) is 0 Å². The van der Waals surface area contributed by atoms with Gasteiger partial charge in [-0.2, -0.15) is 4.99 Å². The fraction of sp³-hybridized carbons (Fsp3) is 0.500. The lowest BCUT2D eigenvalue weighted by Crippen LogP contribution is -2.25. The highest BCUT2D eigenvalue weighted by Gasteiger charge is 2.34. The van der Waals surface area contributed by atoms with Gasteiger partial charge in [-0.25, -0.2) is 0 Å². The molecule has 0 radical (unpaired) electrons. The van der Waals surface area contributed by atoms with Crippen molar-refractivity contribution in [2.75, 3.05) is 6.61 Å². The maximum Gasteiger partial charge on any atom is 0.329 e. The van der Waals surface area contributed by atoms with Crippen molar-refractivity contribution in [2.24, 2.45) is 10.7 Å². The summed E-state index contributed by atoms with van der Waals surface area (Å²) in [5.74, 6) is -1.10. The van der Waals surface area contributed by atoms with Crippen molar-refractivity contribution < 1.29 is 14.3 Å². The van der Waals surface area contributed by atoms with E-state index in [1.165, 1.54) is 0 Å². The number of carbonyl (C=O) groups is 2. The molecule has 0 spiro atoms. The minimum Gasteiger partial charge on any atom is -0.465 e. The van der Waals surface area contributed by atoms with E-state index in [-0.39, 0.29) is 11.8 Å². The average molecular weight is 188 g/mol. The maximum absolute atomic E-state index is 11.0. The Morgan fingerprint density at radius 3 is 2.92 bits per heavy atom. The molecule has 0 aliphatic carbocycles. The monoisotopic (exact) mass is 188 g/mol. The Bertz CT molecular complexity index is 251. The molecule has 12 heavy (non-hydrogen) atoms. The van der Waals surface area contributed by atoms with Crippen LogP contribution in [0.5, 0.6) is 0 Å². The predicted octanol–water partition coefficient (Wildman–Crippen LogP) is -0.494. The number of amidine groups is 1. The van der Waals surface area contributed by atoms with Crippen molar-refractivity contribution in [1.82, 2.24) is 0 Å². The molecule has 5 nitrogen and oxygen atoms in total. The summed E-state index contributed by atoms with van der Waals surface area (Å²) in [7, 11) is 0. The molecular weight excluding hydrogens is 180 g/mol. The normalized spacial score (nSPS) is 22.2. The summed E-state index contributed by atoms with van der Waals surface area (Å²) in [6.45, 7) is 1.93. The van der Waals surface area contributed by atoms with Crippen LogP contribution in [0.2, 0.25) is 0 Å². The number of nitrogens with zero attached hydrogens (tertiary/aromatic N) is 1. The predicted molar refractivity (Wildman–Crippen MR) is 44.6 cm³/mol. The van der Waals surface area contributed by atoms with Gasteiger partial charge in [-0.3, -0.25) is 9.59 Å². The van der Waals surface area contributed by atoms with Crippen molar-refractivity contribution in [3.05, 3.63) is 0 Å². The van der Waals surface area contributed by atoms with E-state index in [0.29, 0.717) is 0 Å². The molecule has 0 saturated heterocycles. The molecule has 1 aliphatic rings. The number of thioether (sulfide) groups is 1. The molecule has 2 N–H and O–H groups in total. The average Bonchev–Trinajstić information content (AvgIpc) is 2.30. The number of ether oxygens (including phenoxy) is 1. The fourth-order valence-electron chi connectivity index (χ4n) is 0.732. The zero-order chi connectivity index (χ0) is 9.14. The summed E-state index contributed by atoms with van der Waals surface area (Å²) in [4.78, 5) is 25.3. The number of amides is 1. The molecule has 0 aromatic heterocycles. The molecule has 0 aromatic carbocycles. The quantitative estimate of drug-likeness (QED) is 0.467. The van der Waals surface area contributed by atoms with E-state index in [9.17, 15) is 9.59 Å². The summed E-state index contributed by atoms with van der Waals surface area (Å²) >= 11 is 0.925. The smallest absolute Gasteiger partial charge is 0.329 e. The van der Waals surface area contributed by atoms with Gasteiger partial charge < -0.3 is 10.5 Å². The first-order chi connectivity index (χ1) is 5.65. The Hall–Kier alpha value is -1.04. The minimum atomic E-state index is -0.884. The number of nitrogens with two attached hydrogens (primary N) is 1. The van der Waals surface area contributed by atoms with Crippen LogP contribution in [0.15, 0.2) is 4.99 Å².